The number of nitrogens with two attached hydrogens (primary N) is 2. The lowest BCUT2D eigenvalue weighted by molar-refractivity contribution is 0.00333. The van der Waals surface area contributed by atoms with Crippen molar-refractivity contribution in [3.63, 3.8) is 0 Å². The van der Waals surface area contributed by atoms with Crippen molar-refractivity contribution in [3.8, 4) is 17.2 Å². The van der Waals surface area contributed by atoms with Crippen LogP contribution in [0.5, 0.6) is 17.2 Å². The Morgan fingerprint density at radius 3 is 2.68 bits per heavy atom. The predicted octanol–water partition coefficient (Wildman–Crippen LogP) is 2.79. The summed E-state index contributed by atoms with van der Waals surface area (Å²) in [7, 11) is 0. The van der Waals surface area contributed by atoms with Crippen molar-refractivity contribution in [3.05, 3.63) is 42.5 Å². The Morgan fingerprint density at radius 2 is 1.92 bits per heavy atom. The van der Waals surface area contributed by atoms with E-state index in [1.807, 2.05) is 31.2 Å². The van der Waals surface area contributed by atoms with E-state index in [1.54, 1.807) is 18.2 Å². The maximum Gasteiger partial charge on any atom is 0.131 e. The number of nitrogens with one attached hydrogen (secondary N) is 1. The third kappa shape index (κ3) is 5.01. The molecule has 0 spiro atoms. The van der Waals surface area contributed by atoms with Crippen molar-refractivity contribution >= 4 is 11.4 Å². The molecule has 1 saturated heterocycles. The Hall–Kier alpha value is -2.44. The Bertz CT molecular complexity index is 702. The molecule has 25 heavy (non-hydrogen) atoms. The first-order valence-electron chi connectivity index (χ1n) is 8.52. The van der Waals surface area contributed by atoms with E-state index in [4.69, 9.17) is 25.7 Å². The van der Waals surface area contributed by atoms with Crippen LogP contribution in [0, 0.1) is 0 Å². The standard InChI is InChI=1S/C19H25N3O3/c1-13(9-17-12-22-7-8-23-17)24-14-3-2-4-15(10-14)25-16-5-6-18(20)19(21)11-16/h2-6,10-11,13,17,22H,7-9,12,20-21H2,1H3. The number of rotatable bonds is 6. The number of benzene rings is 2. The predicted molar refractivity (Wildman–Crippen MR) is 99.1 cm³/mol. The topological polar surface area (TPSA) is 91.8 Å². The molecule has 0 radical (unpaired) electrons. The van der Waals surface area contributed by atoms with E-state index in [9.17, 15) is 0 Å². The van der Waals surface area contributed by atoms with Crippen LogP contribution < -0.4 is 26.3 Å². The number of anilines is 2. The van der Waals surface area contributed by atoms with Gasteiger partial charge in [-0.3, -0.25) is 0 Å². The van der Waals surface area contributed by atoms with Gasteiger partial charge < -0.3 is 31.0 Å². The quantitative estimate of drug-likeness (QED) is 0.699. The van der Waals surface area contributed by atoms with Gasteiger partial charge in [0.25, 0.3) is 0 Å². The smallest absolute Gasteiger partial charge is 0.131 e. The molecule has 2 unspecified atom stereocenters. The minimum Gasteiger partial charge on any atom is -0.490 e. The third-order valence-corrected chi connectivity index (χ3v) is 4.04. The SMILES string of the molecule is CC(CC1CNCCO1)Oc1cccc(Oc2ccc(N)c(N)c2)c1. The lowest BCUT2D eigenvalue weighted by Crippen LogP contribution is -2.40. The van der Waals surface area contributed by atoms with Crippen LogP contribution in [0.3, 0.4) is 0 Å². The Kier molecular flexibility index (Phi) is 5.63. The van der Waals surface area contributed by atoms with Gasteiger partial charge in [0.15, 0.2) is 0 Å². The van der Waals surface area contributed by atoms with Gasteiger partial charge in [-0.1, -0.05) is 6.07 Å². The Labute approximate surface area is 148 Å². The number of nitrogen functional groups attached to an aromatic ring is 2. The van der Waals surface area contributed by atoms with Gasteiger partial charge in [0, 0.05) is 31.6 Å². The van der Waals surface area contributed by atoms with Crippen molar-refractivity contribution in [2.75, 3.05) is 31.2 Å². The van der Waals surface area contributed by atoms with Crippen molar-refractivity contribution < 1.29 is 14.2 Å². The highest BCUT2D eigenvalue weighted by Crippen LogP contribution is 2.29. The van der Waals surface area contributed by atoms with E-state index >= 15 is 0 Å². The molecule has 3 rings (SSSR count). The second kappa shape index (κ2) is 8.09. The molecule has 2 aromatic carbocycles. The summed E-state index contributed by atoms with van der Waals surface area (Å²) in [5.41, 5.74) is 12.6. The maximum atomic E-state index is 6.01. The fraction of sp³-hybridized carbons (Fsp3) is 0.368. The molecule has 0 amide bonds. The van der Waals surface area contributed by atoms with Gasteiger partial charge in [0.05, 0.1) is 30.2 Å². The summed E-state index contributed by atoms with van der Waals surface area (Å²) >= 11 is 0. The lowest BCUT2D eigenvalue weighted by atomic mass is 10.1. The molecule has 0 aromatic heterocycles. The van der Waals surface area contributed by atoms with Gasteiger partial charge >= 0.3 is 0 Å². The molecule has 1 aliphatic rings. The highest BCUT2D eigenvalue weighted by Gasteiger charge is 2.17. The van der Waals surface area contributed by atoms with Crippen LogP contribution in [0.15, 0.2) is 42.5 Å². The average Bonchev–Trinajstić information content (AvgIpc) is 2.59. The molecule has 2 atom stereocenters. The number of hydrogen-bond acceptors (Lipinski definition) is 6. The maximum absolute atomic E-state index is 6.01. The highest BCUT2D eigenvalue weighted by molar-refractivity contribution is 5.65. The van der Waals surface area contributed by atoms with E-state index in [0.717, 1.165) is 31.9 Å². The van der Waals surface area contributed by atoms with E-state index in [2.05, 4.69) is 5.32 Å². The molecule has 0 bridgehead atoms. The summed E-state index contributed by atoms with van der Waals surface area (Å²) in [4.78, 5) is 0. The summed E-state index contributed by atoms with van der Waals surface area (Å²) in [6.07, 6.45) is 1.08. The molecule has 5 N–H and O–H groups in total. The normalized spacial score (nSPS) is 18.5. The summed E-state index contributed by atoms with van der Waals surface area (Å²) in [5.74, 6) is 2.08. The number of morpholine rings is 1. The molecular weight excluding hydrogens is 318 g/mol. The second-order valence-electron chi connectivity index (χ2n) is 6.23. The van der Waals surface area contributed by atoms with Gasteiger partial charge in [-0.15, -0.1) is 0 Å². The number of hydrogen-bond donors (Lipinski definition) is 3. The van der Waals surface area contributed by atoms with Crippen LogP contribution in [-0.4, -0.2) is 31.9 Å². The van der Waals surface area contributed by atoms with Gasteiger partial charge in [0.1, 0.15) is 17.2 Å². The van der Waals surface area contributed by atoms with Gasteiger partial charge in [-0.25, -0.2) is 0 Å². The van der Waals surface area contributed by atoms with Crippen molar-refractivity contribution in [2.45, 2.75) is 25.6 Å². The van der Waals surface area contributed by atoms with Crippen LogP contribution in [0.25, 0.3) is 0 Å². The average molecular weight is 343 g/mol. The van der Waals surface area contributed by atoms with Gasteiger partial charge in [0.2, 0.25) is 0 Å². The first kappa shape index (κ1) is 17.4. The van der Waals surface area contributed by atoms with Gasteiger partial charge in [-0.2, -0.15) is 0 Å². The zero-order valence-corrected chi connectivity index (χ0v) is 14.4. The van der Waals surface area contributed by atoms with E-state index in [0.29, 0.717) is 22.9 Å². The monoisotopic (exact) mass is 343 g/mol. The minimum absolute atomic E-state index is 0.0484. The van der Waals surface area contributed by atoms with Crippen molar-refractivity contribution in [1.82, 2.24) is 5.32 Å². The first-order valence-corrected chi connectivity index (χ1v) is 8.52. The fourth-order valence-corrected chi connectivity index (χ4v) is 2.79. The molecule has 1 heterocycles. The van der Waals surface area contributed by atoms with Crippen LogP contribution >= 0.6 is 0 Å². The zero-order valence-electron chi connectivity index (χ0n) is 14.4. The van der Waals surface area contributed by atoms with Crippen LogP contribution in [-0.2, 0) is 4.74 Å². The van der Waals surface area contributed by atoms with Crippen LogP contribution in [0.2, 0.25) is 0 Å². The molecule has 0 aliphatic carbocycles. The lowest BCUT2D eigenvalue weighted by Gasteiger charge is -2.26. The zero-order chi connectivity index (χ0) is 17.6. The Balaban J connectivity index is 1.59. The minimum atomic E-state index is 0.0484. The molecule has 6 nitrogen and oxygen atoms in total. The van der Waals surface area contributed by atoms with E-state index < -0.39 is 0 Å². The summed E-state index contributed by atoms with van der Waals surface area (Å²) in [6.45, 7) is 4.59. The van der Waals surface area contributed by atoms with E-state index in [-0.39, 0.29) is 12.2 Å². The van der Waals surface area contributed by atoms with Gasteiger partial charge in [-0.05, 0) is 31.2 Å². The molecule has 134 valence electrons. The Morgan fingerprint density at radius 1 is 1.12 bits per heavy atom. The molecule has 2 aromatic rings. The molecular formula is C19H25N3O3. The largest absolute Gasteiger partial charge is 0.490 e. The second-order valence-corrected chi connectivity index (χ2v) is 6.23. The van der Waals surface area contributed by atoms with Crippen molar-refractivity contribution in [1.29, 1.82) is 0 Å². The first-order chi connectivity index (χ1) is 12.1. The molecule has 1 aliphatic heterocycles. The molecule has 6 heteroatoms. The van der Waals surface area contributed by atoms with E-state index in [1.165, 1.54) is 0 Å². The van der Waals surface area contributed by atoms with Crippen LogP contribution in [0.1, 0.15) is 13.3 Å². The number of ether oxygens (including phenoxy) is 3. The summed E-state index contributed by atoms with van der Waals surface area (Å²) < 4.78 is 17.6. The fourth-order valence-electron chi connectivity index (χ4n) is 2.79. The molecule has 0 saturated carbocycles. The van der Waals surface area contributed by atoms with Crippen LogP contribution in [0.4, 0.5) is 11.4 Å². The highest BCUT2D eigenvalue weighted by atomic mass is 16.5. The summed E-state index contributed by atoms with van der Waals surface area (Å²) in [5, 5.41) is 3.33. The third-order valence-electron chi connectivity index (χ3n) is 4.04. The van der Waals surface area contributed by atoms with Crippen molar-refractivity contribution in [2.24, 2.45) is 0 Å². The molecule has 1 fully saturated rings. The summed E-state index contributed by atoms with van der Waals surface area (Å²) in [6, 6.07) is 12.8.